The molecular formula is C15H20O3S. The van der Waals surface area contributed by atoms with E-state index in [0.29, 0.717) is 0 Å². The SMILES string of the molecule is COCCCSCc1cc(C#CCO)ccc1OC. The smallest absolute Gasteiger partial charge is 0.122 e. The van der Waals surface area contributed by atoms with E-state index in [1.807, 2.05) is 30.0 Å². The Kier molecular flexibility index (Phi) is 8.15. The van der Waals surface area contributed by atoms with Crippen molar-refractivity contribution in [3.63, 3.8) is 0 Å². The lowest BCUT2D eigenvalue weighted by atomic mass is 10.1. The second-order valence-corrected chi connectivity index (χ2v) is 4.99. The van der Waals surface area contributed by atoms with Gasteiger partial charge >= 0.3 is 0 Å². The van der Waals surface area contributed by atoms with Crippen LogP contribution in [0.25, 0.3) is 0 Å². The summed E-state index contributed by atoms with van der Waals surface area (Å²) in [5.74, 6) is 8.40. The third-order valence-corrected chi connectivity index (χ3v) is 3.58. The summed E-state index contributed by atoms with van der Waals surface area (Å²) in [4.78, 5) is 0. The average Bonchev–Trinajstić information content (AvgIpc) is 2.45. The highest BCUT2D eigenvalue weighted by Crippen LogP contribution is 2.24. The molecule has 3 nitrogen and oxygen atoms in total. The van der Waals surface area contributed by atoms with Gasteiger partial charge in [0, 0.05) is 30.6 Å². The van der Waals surface area contributed by atoms with Crippen molar-refractivity contribution in [2.45, 2.75) is 12.2 Å². The lowest BCUT2D eigenvalue weighted by Gasteiger charge is -2.09. The van der Waals surface area contributed by atoms with E-state index in [4.69, 9.17) is 14.6 Å². The van der Waals surface area contributed by atoms with Crippen molar-refractivity contribution in [3.8, 4) is 17.6 Å². The number of hydrogen-bond acceptors (Lipinski definition) is 4. The van der Waals surface area contributed by atoms with Crippen LogP contribution in [-0.4, -0.2) is 38.3 Å². The highest BCUT2D eigenvalue weighted by atomic mass is 32.2. The van der Waals surface area contributed by atoms with Gasteiger partial charge < -0.3 is 14.6 Å². The number of rotatable bonds is 7. The van der Waals surface area contributed by atoms with Gasteiger partial charge in [-0.25, -0.2) is 0 Å². The Morgan fingerprint density at radius 3 is 2.84 bits per heavy atom. The van der Waals surface area contributed by atoms with E-state index in [1.54, 1.807) is 14.2 Å². The summed E-state index contributed by atoms with van der Waals surface area (Å²) in [6.07, 6.45) is 1.05. The molecule has 1 rings (SSSR count). The van der Waals surface area contributed by atoms with Gasteiger partial charge in [-0.15, -0.1) is 0 Å². The van der Waals surface area contributed by atoms with Crippen molar-refractivity contribution in [2.24, 2.45) is 0 Å². The molecule has 0 radical (unpaired) electrons. The molecule has 1 aromatic rings. The molecule has 0 bridgehead atoms. The summed E-state index contributed by atoms with van der Waals surface area (Å²) in [6, 6.07) is 5.85. The van der Waals surface area contributed by atoms with E-state index in [1.165, 1.54) is 0 Å². The molecule has 0 saturated carbocycles. The van der Waals surface area contributed by atoms with E-state index >= 15 is 0 Å². The van der Waals surface area contributed by atoms with Crippen LogP contribution in [0.5, 0.6) is 5.75 Å². The summed E-state index contributed by atoms with van der Waals surface area (Å²) in [5, 5.41) is 8.71. The van der Waals surface area contributed by atoms with Gasteiger partial charge in [-0.1, -0.05) is 11.8 Å². The van der Waals surface area contributed by atoms with Crippen molar-refractivity contribution in [1.29, 1.82) is 0 Å². The van der Waals surface area contributed by atoms with Crippen LogP contribution >= 0.6 is 11.8 Å². The number of methoxy groups -OCH3 is 2. The number of benzene rings is 1. The number of aliphatic hydroxyl groups is 1. The Labute approximate surface area is 119 Å². The summed E-state index contributed by atoms with van der Waals surface area (Å²) in [6.45, 7) is 0.680. The predicted octanol–water partition coefficient (Wildman–Crippen LogP) is 2.31. The van der Waals surface area contributed by atoms with Gasteiger partial charge in [0.1, 0.15) is 12.4 Å². The maximum atomic E-state index is 8.71. The van der Waals surface area contributed by atoms with Crippen LogP contribution in [0.4, 0.5) is 0 Å². The molecule has 0 spiro atoms. The van der Waals surface area contributed by atoms with Crippen LogP contribution in [0.1, 0.15) is 17.5 Å². The van der Waals surface area contributed by atoms with E-state index in [9.17, 15) is 0 Å². The fraction of sp³-hybridized carbons (Fsp3) is 0.467. The zero-order valence-electron chi connectivity index (χ0n) is 11.4. The average molecular weight is 280 g/mol. The summed E-state index contributed by atoms with van der Waals surface area (Å²) in [5.41, 5.74) is 2.04. The summed E-state index contributed by atoms with van der Waals surface area (Å²) >= 11 is 1.85. The second kappa shape index (κ2) is 9.74. The first kappa shape index (κ1) is 15.9. The zero-order valence-corrected chi connectivity index (χ0v) is 12.3. The molecule has 1 N–H and O–H groups in total. The number of ether oxygens (including phenoxy) is 2. The van der Waals surface area contributed by atoms with Gasteiger partial charge in [0.05, 0.1) is 7.11 Å². The molecule has 1 aromatic carbocycles. The first-order valence-electron chi connectivity index (χ1n) is 6.15. The van der Waals surface area contributed by atoms with Gasteiger partial charge in [0.15, 0.2) is 0 Å². The summed E-state index contributed by atoms with van der Waals surface area (Å²) in [7, 11) is 3.39. The minimum atomic E-state index is -0.118. The molecule has 0 atom stereocenters. The van der Waals surface area contributed by atoms with E-state index in [-0.39, 0.29) is 6.61 Å². The molecule has 0 heterocycles. The predicted molar refractivity (Wildman–Crippen MR) is 79.6 cm³/mol. The fourth-order valence-electron chi connectivity index (χ4n) is 1.60. The third-order valence-electron chi connectivity index (χ3n) is 2.49. The molecule has 0 aliphatic heterocycles. The van der Waals surface area contributed by atoms with Gasteiger partial charge in [-0.2, -0.15) is 11.8 Å². The van der Waals surface area contributed by atoms with Gasteiger partial charge in [0.25, 0.3) is 0 Å². The van der Waals surface area contributed by atoms with Crippen molar-refractivity contribution in [2.75, 3.05) is 33.2 Å². The van der Waals surface area contributed by atoms with Crippen LogP contribution in [0, 0.1) is 11.8 Å². The molecular weight excluding hydrogens is 260 g/mol. The molecule has 0 amide bonds. The van der Waals surface area contributed by atoms with Crippen LogP contribution < -0.4 is 4.74 Å². The normalized spacial score (nSPS) is 9.84. The lowest BCUT2D eigenvalue weighted by molar-refractivity contribution is 0.200. The highest BCUT2D eigenvalue weighted by molar-refractivity contribution is 7.98. The molecule has 4 heteroatoms. The number of hydrogen-bond donors (Lipinski definition) is 1. The molecule has 0 aliphatic carbocycles. The zero-order chi connectivity index (χ0) is 13.9. The van der Waals surface area contributed by atoms with Crippen LogP contribution in [0.2, 0.25) is 0 Å². The van der Waals surface area contributed by atoms with E-state index in [0.717, 1.165) is 41.4 Å². The Hall–Kier alpha value is -1.15. The Morgan fingerprint density at radius 1 is 1.32 bits per heavy atom. The second-order valence-electron chi connectivity index (χ2n) is 3.89. The molecule has 0 unspecified atom stereocenters. The molecule has 0 aromatic heterocycles. The Balaban J connectivity index is 2.62. The largest absolute Gasteiger partial charge is 0.496 e. The van der Waals surface area contributed by atoms with Crippen molar-refractivity contribution < 1.29 is 14.6 Å². The lowest BCUT2D eigenvalue weighted by Crippen LogP contribution is -1.94. The number of thioether (sulfide) groups is 1. The van der Waals surface area contributed by atoms with Crippen molar-refractivity contribution >= 4 is 11.8 Å². The van der Waals surface area contributed by atoms with Crippen molar-refractivity contribution in [1.82, 2.24) is 0 Å². The Morgan fingerprint density at radius 2 is 2.16 bits per heavy atom. The van der Waals surface area contributed by atoms with Crippen molar-refractivity contribution in [3.05, 3.63) is 29.3 Å². The molecule has 0 saturated heterocycles. The number of aliphatic hydroxyl groups excluding tert-OH is 1. The molecule has 104 valence electrons. The van der Waals surface area contributed by atoms with Gasteiger partial charge in [-0.3, -0.25) is 0 Å². The fourth-order valence-corrected chi connectivity index (χ4v) is 2.51. The Bertz CT molecular complexity index is 435. The quantitative estimate of drug-likeness (QED) is 0.614. The van der Waals surface area contributed by atoms with Gasteiger partial charge in [0.2, 0.25) is 0 Å². The first-order valence-corrected chi connectivity index (χ1v) is 7.30. The first-order chi connectivity index (χ1) is 9.31. The minimum Gasteiger partial charge on any atom is -0.496 e. The van der Waals surface area contributed by atoms with Crippen LogP contribution in [-0.2, 0) is 10.5 Å². The molecule has 19 heavy (non-hydrogen) atoms. The van der Waals surface area contributed by atoms with Crippen LogP contribution in [0.3, 0.4) is 0 Å². The minimum absolute atomic E-state index is 0.118. The van der Waals surface area contributed by atoms with E-state index < -0.39 is 0 Å². The topological polar surface area (TPSA) is 38.7 Å². The highest BCUT2D eigenvalue weighted by Gasteiger charge is 2.04. The van der Waals surface area contributed by atoms with Crippen LogP contribution in [0.15, 0.2) is 18.2 Å². The maximum absolute atomic E-state index is 8.71. The standard InChI is InChI=1S/C15H20O3S/c1-17-9-4-10-19-12-14-11-13(5-3-8-16)6-7-15(14)18-2/h6-7,11,16H,4,8-10,12H2,1-2H3. The monoisotopic (exact) mass is 280 g/mol. The summed E-state index contributed by atoms with van der Waals surface area (Å²) < 4.78 is 10.4. The molecule has 0 fully saturated rings. The third kappa shape index (κ3) is 6.02. The van der Waals surface area contributed by atoms with E-state index in [2.05, 4.69) is 11.8 Å². The van der Waals surface area contributed by atoms with Gasteiger partial charge in [-0.05, 0) is 30.4 Å². The maximum Gasteiger partial charge on any atom is 0.122 e. The molecule has 0 aliphatic rings.